The van der Waals surface area contributed by atoms with E-state index >= 15 is 0 Å². The zero-order valence-corrected chi connectivity index (χ0v) is 26.6. The van der Waals surface area contributed by atoms with Crippen LogP contribution in [0.15, 0.2) is 174 Å². The first-order valence-electron chi connectivity index (χ1n) is 16.9. The van der Waals surface area contributed by atoms with Gasteiger partial charge in [0.25, 0.3) is 0 Å². The smallest absolute Gasteiger partial charge is 0.135 e. The Hall–Kier alpha value is -6.44. The molecule has 0 N–H and O–H groups in total. The van der Waals surface area contributed by atoms with Gasteiger partial charge in [0.2, 0.25) is 0 Å². The summed E-state index contributed by atoms with van der Waals surface area (Å²) in [6.07, 6.45) is 0. The summed E-state index contributed by atoms with van der Waals surface area (Å²) in [5.74, 6) is 0. The van der Waals surface area contributed by atoms with Gasteiger partial charge >= 0.3 is 0 Å². The second kappa shape index (κ2) is 10.0. The Labute approximate surface area is 283 Å². The topological polar surface area (TPSA) is 13.1 Å². The van der Waals surface area contributed by atoms with E-state index in [0.29, 0.717) is 0 Å². The van der Waals surface area contributed by atoms with Gasteiger partial charge in [-0.1, -0.05) is 127 Å². The molecule has 0 spiro atoms. The van der Waals surface area contributed by atoms with Gasteiger partial charge in [-0.05, 0) is 130 Å². The zero-order chi connectivity index (χ0) is 32.1. The van der Waals surface area contributed by atoms with Crippen molar-refractivity contribution < 1.29 is 4.42 Å². The Bertz CT molecular complexity index is 2960. The Balaban J connectivity index is 0.977. The molecule has 1 aromatic heterocycles. The summed E-state index contributed by atoms with van der Waals surface area (Å²) >= 11 is 0. The highest BCUT2D eigenvalue weighted by Crippen LogP contribution is 2.49. The highest BCUT2D eigenvalue weighted by atomic mass is 16.3. The molecule has 1 aliphatic carbocycles. The van der Waals surface area contributed by atoms with E-state index in [9.17, 15) is 0 Å². The predicted molar refractivity (Wildman–Crippen MR) is 207 cm³/mol. The van der Waals surface area contributed by atoms with Gasteiger partial charge in [-0.25, -0.2) is 0 Å². The molecule has 0 atom stereocenters. The van der Waals surface area contributed by atoms with Crippen molar-refractivity contribution in [3.8, 4) is 55.6 Å². The molecule has 1 aliphatic rings. The van der Waals surface area contributed by atoms with Gasteiger partial charge < -0.3 is 4.42 Å². The summed E-state index contributed by atoms with van der Waals surface area (Å²) in [6, 6.07) is 62.1. The van der Waals surface area contributed by atoms with Crippen LogP contribution in [0.3, 0.4) is 0 Å². The van der Waals surface area contributed by atoms with E-state index in [1.54, 1.807) is 0 Å². The van der Waals surface area contributed by atoms with Gasteiger partial charge in [-0.15, -0.1) is 0 Å². The van der Waals surface area contributed by atoms with E-state index in [0.717, 1.165) is 21.9 Å². The lowest BCUT2D eigenvalue weighted by molar-refractivity contribution is 0.669. The van der Waals surface area contributed by atoms with Crippen LogP contribution >= 0.6 is 0 Å². The largest absolute Gasteiger partial charge is 0.456 e. The van der Waals surface area contributed by atoms with Crippen LogP contribution in [0.2, 0.25) is 0 Å². The normalized spacial score (nSPS) is 12.1. The lowest BCUT2D eigenvalue weighted by Gasteiger charge is -2.11. The van der Waals surface area contributed by atoms with Gasteiger partial charge in [0.05, 0.1) is 0 Å². The number of rotatable bonds is 3. The molecule has 0 unspecified atom stereocenters. The van der Waals surface area contributed by atoms with E-state index in [1.807, 2.05) is 0 Å². The Kier molecular flexibility index (Phi) is 5.45. The van der Waals surface area contributed by atoms with Crippen LogP contribution in [0.5, 0.6) is 0 Å². The van der Waals surface area contributed by atoms with E-state index in [-0.39, 0.29) is 0 Å². The summed E-state index contributed by atoms with van der Waals surface area (Å²) in [5, 5.41) is 9.93. The Morgan fingerprint density at radius 1 is 0.265 bits per heavy atom. The molecule has 1 nitrogen and oxygen atoms in total. The third-order valence-electron chi connectivity index (χ3n) is 10.6. The van der Waals surface area contributed by atoms with Gasteiger partial charge in [0.1, 0.15) is 11.2 Å². The lowest BCUT2D eigenvalue weighted by atomic mass is 9.92. The molecular weight excluding hydrogens is 593 g/mol. The minimum Gasteiger partial charge on any atom is -0.456 e. The third-order valence-corrected chi connectivity index (χ3v) is 10.6. The molecule has 9 aromatic carbocycles. The monoisotopic (exact) mass is 620 g/mol. The average molecular weight is 621 g/mol. The molecule has 226 valence electrons. The first-order valence-corrected chi connectivity index (χ1v) is 16.9. The standard InChI is InChI=1S/C48H28O/c1-2-7-30-24-32(13-12-29(30)6-1)35-18-22-46-44(27-35)45-28-36(19-23-47(45)49-46)33-14-15-34-26-37(17-16-31(34)25-33)38-20-21-43-40-9-4-3-8-39(40)42-11-5-10-41(38)48(42)43/h1-28H. The van der Waals surface area contributed by atoms with Gasteiger partial charge in [-0.3, -0.25) is 0 Å². The minimum absolute atomic E-state index is 0.910. The molecule has 0 aliphatic heterocycles. The molecular formula is C48H28O. The lowest BCUT2D eigenvalue weighted by Crippen LogP contribution is -1.85. The van der Waals surface area contributed by atoms with Crippen LogP contribution in [0.25, 0.3) is 110 Å². The molecule has 0 fully saturated rings. The van der Waals surface area contributed by atoms with Crippen LogP contribution in [-0.2, 0) is 0 Å². The molecule has 0 saturated heterocycles. The van der Waals surface area contributed by atoms with Crippen LogP contribution in [0.4, 0.5) is 0 Å². The average Bonchev–Trinajstić information content (AvgIpc) is 3.70. The minimum atomic E-state index is 0.910. The third kappa shape index (κ3) is 4.00. The van der Waals surface area contributed by atoms with E-state index in [2.05, 4.69) is 170 Å². The predicted octanol–water partition coefficient (Wildman–Crippen LogP) is 13.7. The number of hydrogen-bond acceptors (Lipinski definition) is 1. The fourth-order valence-corrected chi connectivity index (χ4v) is 8.16. The van der Waals surface area contributed by atoms with Gasteiger partial charge in [-0.2, -0.15) is 0 Å². The second-order valence-corrected chi connectivity index (χ2v) is 13.3. The molecule has 0 amide bonds. The molecule has 49 heavy (non-hydrogen) atoms. The van der Waals surface area contributed by atoms with Crippen molar-refractivity contribution in [3.63, 3.8) is 0 Å². The van der Waals surface area contributed by atoms with Gasteiger partial charge in [0.15, 0.2) is 0 Å². The maximum absolute atomic E-state index is 6.30. The SMILES string of the molecule is c1ccc2c(c1)-c1cccc3c(-c4ccc5cc(-c6ccc7oc8ccc(-c9ccc%10ccccc%10c9)cc8c7c6)ccc5c4)ccc-2c13. The number of benzene rings is 9. The van der Waals surface area contributed by atoms with Crippen molar-refractivity contribution in [1.29, 1.82) is 0 Å². The fourth-order valence-electron chi connectivity index (χ4n) is 8.16. The molecule has 10 aromatic rings. The quantitative estimate of drug-likeness (QED) is 0.192. The highest BCUT2D eigenvalue weighted by molar-refractivity contribution is 6.19. The summed E-state index contributed by atoms with van der Waals surface area (Å²) in [7, 11) is 0. The maximum atomic E-state index is 6.30. The molecule has 1 heteroatoms. The summed E-state index contributed by atoms with van der Waals surface area (Å²) in [6.45, 7) is 0. The summed E-state index contributed by atoms with van der Waals surface area (Å²) in [4.78, 5) is 0. The zero-order valence-electron chi connectivity index (χ0n) is 26.6. The number of fused-ring (bicyclic) bond motifs is 8. The van der Waals surface area contributed by atoms with Crippen molar-refractivity contribution in [3.05, 3.63) is 170 Å². The maximum Gasteiger partial charge on any atom is 0.135 e. The summed E-state index contributed by atoms with van der Waals surface area (Å²) < 4.78 is 6.30. The van der Waals surface area contributed by atoms with Crippen molar-refractivity contribution in [2.24, 2.45) is 0 Å². The Morgan fingerprint density at radius 2 is 0.735 bits per heavy atom. The van der Waals surface area contributed by atoms with E-state index in [1.165, 1.54) is 88.0 Å². The number of furan rings is 1. The second-order valence-electron chi connectivity index (χ2n) is 13.3. The Morgan fingerprint density at radius 3 is 1.43 bits per heavy atom. The highest BCUT2D eigenvalue weighted by Gasteiger charge is 2.22. The van der Waals surface area contributed by atoms with E-state index in [4.69, 9.17) is 4.42 Å². The van der Waals surface area contributed by atoms with Crippen LogP contribution in [0.1, 0.15) is 0 Å². The van der Waals surface area contributed by atoms with E-state index < -0.39 is 0 Å². The first-order chi connectivity index (χ1) is 24.2. The van der Waals surface area contributed by atoms with Crippen LogP contribution in [-0.4, -0.2) is 0 Å². The molecule has 1 heterocycles. The molecule has 11 rings (SSSR count). The fraction of sp³-hybridized carbons (Fsp3) is 0. The van der Waals surface area contributed by atoms with Crippen molar-refractivity contribution >= 4 is 54.3 Å². The van der Waals surface area contributed by atoms with Crippen LogP contribution in [0, 0.1) is 0 Å². The van der Waals surface area contributed by atoms with Crippen LogP contribution < -0.4 is 0 Å². The molecule has 0 bridgehead atoms. The van der Waals surface area contributed by atoms with Gasteiger partial charge in [0, 0.05) is 10.8 Å². The molecule has 0 saturated carbocycles. The summed E-state index contributed by atoms with van der Waals surface area (Å²) in [5.41, 5.74) is 14.5. The number of hydrogen-bond donors (Lipinski definition) is 0. The van der Waals surface area contributed by atoms with Crippen molar-refractivity contribution in [2.45, 2.75) is 0 Å². The first kappa shape index (κ1) is 26.6. The molecule has 0 radical (unpaired) electrons. The van der Waals surface area contributed by atoms with Crippen molar-refractivity contribution in [1.82, 2.24) is 0 Å². The van der Waals surface area contributed by atoms with Crippen molar-refractivity contribution in [2.75, 3.05) is 0 Å².